The van der Waals surface area contributed by atoms with Gasteiger partial charge < -0.3 is 5.32 Å². The van der Waals surface area contributed by atoms with Crippen LogP contribution in [0.15, 0.2) is 24.3 Å². The zero-order valence-electron chi connectivity index (χ0n) is 13.2. The number of hydrogen-bond acceptors (Lipinski definition) is 1. The number of hydrogen-bond donors (Lipinski definition) is 1. The van der Waals surface area contributed by atoms with Gasteiger partial charge in [-0.1, -0.05) is 64.8 Å². The van der Waals surface area contributed by atoms with Gasteiger partial charge in [-0.3, -0.25) is 0 Å². The molecule has 2 atom stereocenters. The van der Waals surface area contributed by atoms with E-state index in [1.807, 2.05) is 0 Å². The highest BCUT2D eigenvalue weighted by atomic mass is 15.0. The standard InChI is InChI=1S/C18H29N/c1-6-14(7-2)13(3)19-17-16-11-9-8-10-15(16)12-18(17,4)5/h8-11,13-14,17,19H,6-7,12H2,1-5H3. The van der Waals surface area contributed by atoms with Crippen LogP contribution in [-0.2, 0) is 6.42 Å². The summed E-state index contributed by atoms with van der Waals surface area (Å²) >= 11 is 0. The molecule has 1 aliphatic carbocycles. The first-order valence-electron chi connectivity index (χ1n) is 7.83. The van der Waals surface area contributed by atoms with Crippen molar-refractivity contribution in [2.75, 3.05) is 0 Å². The fourth-order valence-electron chi connectivity index (χ4n) is 3.70. The number of fused-ring (bicyclic) bond motifs is 1. The van der Waals surface area contributed by atoms with Gasteiger partial charge in [0.2, 0.25) is 0 Å². The highest BCUT2D eigenvalue weighted by Crippen LogP contribution is 2.45. The van der Waals surface area contributed by atoms with Crippen LogP contribution in [-0.4, -0.2) is 6.04 Å². The Labute approximate surface area is 118 Å². The molecule has 0 aliphatic heterocycles. The molecule has 0 aromatic heterocycles. The van der Waals surface area contributed by atoms with Gasteiger partial charge in [0, 0.05) is 12.1 Å². The summed E-state index contributed by atoms with van der Waals surface area (Å²) in [5, 5.41) is 3.93. The molecule has 0 amide bonds. The molecular weight excluding hydrogens is 230 g/mol. The predicted octanol–water partition coefficient (Wildman–Crippen LogP) is 4.72. The van der Waals surface area contributed by atoms with Crippen LogP contribution < -0.4 is 5.32 Å². The molecule has 1 heteroatoms. The molecule has 0 bridgehead atoms. The van der Waals surface area contributed by atoms with Crippen LogP contribution in [0.5, 0.6) is 0 Å². The summed E-state index contributed by atoms with van der Waals surface area (Å²) in [6, 6.07) is 10.0. The molecule has 1 aromatic carbocycles. The monoisotopic (exact) mass is 259 g/mol. The molecule has 106 valence electrons. The second-order valence-electron chi connectivity index (χ2n) is 6.83. The average molecular weight is 259 g/mol. The Morgan fingerprint density at radius 2 is 1.84 bits per heavy atom. The summed E-state index contributed by atoms with van der Waals surface area (Å²) in [6.07, 6.45) is 3.72. The first kappa shape index (κ1) is 14.6. The van der Waals surface area contributed by atoms with Gasteiger partial charge in [0.05, 0.1) is 0 Å². The van der Waals surface area contributed by atoms with Crippen molar-refractivity contribution in [3.8, 4) is 0 Å². The minimum atomic E-state index is 0.323. The van der Waals surface area contributed by atoms with Crippen LogP contribution in [0.25, 0.3) is 0 Å². The third-order valence-corrected chi connectivity index (χ3v) is 4.98. The molecule has 1 N–H and O–H groups in total. The molecule has 1 nitrogen and oxygen atoms in total. The van der Waals surface area contributed by atoms with Crippen molar-refractivity contribution in [2.24, 2.45) is 11.3 Å². The molecule has 2 unspecified atom stereocenters. The number of rotatable bonds is 5. The van der Waals surface area contributed by atoms with E-state index in [0.717, 1.165) is 5.92 Å². The van der Waals surface area contributed by atoms with Crippen molar-refractivity contribution in [1.82, 2.24) is 5.32 Å². The van der Waals surface area contributed by atoms with Crippen molar-refractivity contribution in [3.05, 3.63) is 35.4 Å². The van der Waals surface area contributed by atoms with Crippen LogP contribution in [0.3, 0.4) is 0 Å². The highest BCUT2D eigenvalue weighted by Gasteiger charge is 2.39. The largest absolute Gasteiger partial charge is 0.307 e. The van der Waals surface area contributed by atoms with E-state index in [9.17, 15) is 0 Å². The van der Waals surface area contributed by atoms with Gasteiger partial charge in [0.15, 0.2) is 0 Å². The number of nitrogens with one attached hydrogen (secondary N) is 1. The quantitative estimate of drug-likeness (QED) is 0.806. The van der Waals surface area contributed by atoms with Crippen LogP contribution in [0.2, 0.25) is 0 Å². The van der Waals surface area contributed by atoms with Gasteiger partial charge >= 0.3 is 0 Å². The molecule has 0 spiro atoms. The summed E-state index contributed by atoms with van der Waals surface area (Å²) in [5.41, 5.74) is 3.37. The smallest absolute Gasteiger partial charge is 0.0379 e. The molecular formula is C18H29N. The van der Waals surface area contributed by atoms with E-state index in [1.165, 1.54) is 30.4 Å². The Kier molecular flexibility index (Phi) is 4.35. The Balaban J connectivity index is 2.19. The fourth-order valence-corrected chi connectivity index (χ4v) is 3.70. The third kappa shape index (κ3) is 2.86. The predicted molar refractivity (Wildman–Crippen MR) is 83.3 cm³/mol. The van der Waals surface area contributed by atoms with Crippen LogP contribution >= 0.6 is 0 Å². The van der Waals surface area contributed by atoms with Crippen molar-refractivity contribution in [2.45, 2.75) is 66.0 Å². The van der Waals surface area contributed by atoms with E-state index in [0.29, 0.717) is 17.5 Å². The molecule has 1 aromatic rings. The lowest BCUT2D eigenvalue weighted by Gasteiger charge is -2.34. The van der Waals surface area contributed by atoms with Crippen LogP contribution in [0.1, 0.15) is 64.6 Å². The fraction of sp³-hybridized carbons (Fsp3) is 0.667. The first-order valence-corrected chi connectivity index (χ1v) is 7.83. The zero-order valence-corrected chi connectivity index (χ0v) is 13.2. The van der Waals surface area contributed by atoms with E-state index in [1.54, 1.807) is 0 Å². The lowest BCUT2D eigenvalue weighted by atomic mass is 9.84. The summed E-state index contributed by atoms with van der Waals surface area (Å²) in [4.78, 5) is 0. The van der Waals surface area contributed by atoms with Crippen LogP contribution in [0, 0.1) is 11.3 Å². The normalized spacial score (nSPS) is 22.5. The van der Waals surface area contributed by atoms with E-state index in [-0.39, 0.29) is 0 Å². The Hall–Kier alpha value is -0.820. The van der Waals surface area contributed by atoms with E-state index < -0.39 is 0 Å². The van der Waals surface area contributed by atoms with Crippen molar-refractivity contribution in [1.29, 1.82) is 0 Å². The van der Waals surface area contributed by atoms with Crippen molar-refractivity contribution >= 4 is 0 Å². The summed E-state index contributed by atoms with van der Waals surface area (Å²) < 4.78 is 0. The van der Waals surface area contributed by atoms with Gasteiger partial charge in [-0.25, -0.2) is 0 Å². The molecule has 0 saturated carbocycles. The molecule has 0 radical (unpaired) electrons. The van der Waals surface area contributed by atoms with E-state index in [2.05, 4.69) is 64.2 Å². The SMILES string of the molecule is CCC(CC)C(C)NC1c2ccccc2CC1(C)C. The molecule has 0 saturated heterocycles. The highest BCUT2D eigenvalue weighted by molar-refractivity contribution is 5.37. The maximum atomic E-state index is 3.93. The zero-order chi connectivity index (χ0) is 14.0. The Bertz CT molecular complexity index is 417. The lowest BCUT2D eigenvalue weighted by molar-refractivity contribution is 0.221. The van der Waals surface area contributed by atoms with Gasteiger partial charge in [0.1, 0.15) is 0 Å². The van der Waals surface area contributed by atoms with Gasteiger partial charge in [0.25, 0.3) is 0 Å². The minimum Gasteiger partial charge on any atom is -0.307 e. The second-order valence-corrected chi connectivity index (χ2v) is 6.83. The first-order chi connectivity index (χ1) is 8.99. The van der Waals surface area contributed by atoms with E-state index in [4.69, 9.17) is 0 Å². The van der Waals surface area contributed by atoms with Gasteiger partial charge in [-0.2, -0.15) is 0 Å². The maximum absolute atomic E-state index is 3.93. The van der Waals surface area contributed by atoms with Gasteiger partial charge in [-0.05, 0) is 35.8 Å². The van der Waals surface area contributed by atoms with Crippen molar-refractivity contribution in [3.63, 3.8) is 0 Å². The third-order valence-electron chi connectivity index (χ3n) is 4.98. The molecule has 2 rings (SSSR count). The van der Waals surface area contributed by atoms with E-state index >= 15 is 0 Å². The molecule has 0 heterocycles. The lowest BCUT2D eigenvalue weighted by Crippen LogP contribution is -2.40. The molecule has 0 fully saturated rings. The Morgan fingerprint density at radius 1 is 1.21 bits per heavy atom. The molecule has 1 aliphatic rings. The second kappa shape index (κ2) is 5.66. The van der Waals surface area contributed by atoms with Gasteiger partial charge in [-0.15, -0.1) is 0 Å². The Morgan fingerprint density at radius 3 is 2.47 bits per heavy atom. The number of benzene rings is 1. The summed E-state index contributed by atoms with van der Waals surface area (Å²) in [5.74, 6) is 0.781. The minimum absolute atomic E-state index is 0.323. The summed E-state index contributed by atoms with van der Waals surface area (Å²) in [6.45, 7) is 11.8. The average Bonchev–Trinajstić information content (AvgIpc) is 2.62. The maximum Gasteiger partial charge on any atom is 0.0379 e. The van der Waals surface area contributed by atoms with Crippen LogP contribution in [0.4, 0.5) is 0 Å². The topological polar surface area (TPSA) is 12.0 Å². The summed E-state index contributed by atoms with van der Waals surface area (Å²) in [7, 11) is 0. The molecule has 19 heavy (non-hydrogen) atoms. The van der Waals surface area contributed by atoms with Crippen molar-refractivity contribution < 1.29 is 0 Å².